The zero-order valence-electron chi connectivity index (χ0n) is 12.1. The van der Waals surface area contributed by atoms with Gasteiger partial charge < -0.3 is 5.32 Å². The van der Waals surface area contributed by atoms with Gasteiger partial charge in [0.15, 0.2) is 0 Å². The van der Waals surface area contributed by atoms with Gasteiger partial charge in [0.2, 0.25) is 0 Å². The van der Waals surface area contributed by atoms with E-state index in [2.05, 4.69) is 66.2 Å². The maximum absolute atomic E-state index is 4.41. The van der Waals surface area contributed by atoms with Crippen molar-refractivity contribution in [3.8, 4) is 0 Å². The fraction of sp³-hybridized carbons (Fsp3) is 0.438. The minimum Gasteiger partial charge on any atom is -0.311 e. The molecule has 3 nitrogen and oxygen atoms in total. The minimum atomic E-state index is 0.675. The first-order valence-corrected chi connectivity index (χ1v) is 6.92. The van der Waals surface area contributed by atoms with Crippen molar-refractivity contribution in [2.45, 2.75) is 33.9 Å². The first kappa shape index (κ1) is 13.8. The number of nitrogens with one attached hydrogen (secondary N) is 1. The number of aryl methyl sites for hydroxylation is 1. The predicted molar refractivity (Wildman–Crippen MR) is 79.1 cm³/mol. The number of benzene rings is 1. The summed E-state index contributed by atoms with van der Waals surface area (Å²) in [5, 5.41) is 7.87. The lowest BCUT2D eigenvalue weighted by Gasteiger charge is -2.10. The molecule has 0 atom stereocenters. The Labute approximate surface area is 115 Å². The van der Waals surface area contributed by atoms with Crippen LogP contribution in [0.5, 0.6) is 0 Å². The summed E-state index contributed by atoms with van der Waals surface area (Å²) in [7, 11) is 0. The van der Waals surface area contributed by atoms with Crippen molar-refractivity contribution in [3.05, 3.63) is 53.3 Å². The summed E-state index contributed by atoms with van der Waals surface area (Å²) in [4.78, 5) is 0. The van der Waals surface area contributed by atoms with E-state index in [1.807, 2.05) is 6.20 Å². The van der Waals surface area contributed by atoms with E-state index in [-0.39, 0.29) is 0 Å². The topological polar surface area (TPSA) is 29.9 Å². The molecule has 0 aliphatic heterocycles. The van der Waals surface area contributed by atoms with Crippen LogP contribution in [0.15, 0.2) is 36.5 Å². The van der Waals surface area contributed by atoms with Gasteiger partial charge in [0, 0.05) is 12.7 Å². The summed E-state index contributed by atoms with van der Waals surface area (Å²) in [5.74, 6) is 0.675. The van der Waals surface area contributed by atoms with E-state index < -0.39 is 0 Å². The summed E-state index contributed by atoms with van der Waals surface area (Å²) in [6.45, 7) is 9.30. The third-order valence-corrected chi connectivity index (χ3v) is 3.12. The highest BCUT2D eigenvalue weighted by Gasteiger charge is 2.03. The van der Waals surface area contributed by atoms with E-state index in [4.69, 9.17) is 0 Å². The molecule has 1 N–H and O–H groups in total. The van der Waals surface area contributed by atoms with E-state index in [1.54, 1.807) is 0 Å². The minimum absolute atomic E-state index is 0.675. The second-order valence-corrected chi connectivity index (χ2v) is 5.49. The molecular formula is C16H23N3. The Morgan fingerprint density at radius 3 is 2.58 bits per heavy atom. The fourth-order valence-corrected chi connectivity index (χ4v) is 2.01. The molecule has 0 aliphatic rings. The van der Waals surface area contributed by atoms with Crippen LogP contribution in [0.4, 0.5) is 0 Å². The summed E-state index contributed by atoms with van der Waals surface area (Å²) < 4.78 is 2.07. The molecule has 1 heterocycles. The van der Waals surface area contributed by atoms with Gasteiger partial charge in [-0.25, -0.2) is 0 Å². The van der Waals surface area contributed by atoms with Crippen molar-refractivity contribution < 1.29 is 0 Å². The number of hydrogen-bond donors (Lipinski definition) is 1. The average molecular weight is 257 g/mol. The molecule has 2 rings (SSSR count). The van der Waals surface area contributed by atoms with Crippen LogP contribution < -0.4 is 5.32 Å². The molecule has 102 valence electrons. The van der Waals surface area contributed by atoms with Gasteiger partial charge in [0.25, 0.3) is 0 Å². The smallest absolute Gasteiger partial charge is 0.0663 e. The van der Waals surface area contributed by atoms with Crippen LogP contribution in [-0.2, 0) is 13.1 Å². The fourth-order valence-electron chi connectivity index (χ4n) is 2.01. The van der Waals surface area contributed by atoms with E-state index in [9.17, 15) is 0 Å². The second-order valence-electron chi connectivity index (χ2n) is 5.49. The number of nitrogens with zero attached hydrogens (tertiary/aromatic N) is 2. The van der Waals surface area contributed by atoms with E-state index in [1.165, 1.54) is 16.8 Å². The van der Waals surface area contributed by atoms with Gasteiger partial charge in [0.05, 0.1) is 12.2 Å². The van der Waals surface area contributed by atoms with Gasteiger partial charge in [-0.05, 0) is 31.0 Å². The first-order valence-electron chi connectivity index (χ1n) is 6.92. The van der Waals surface area contributed by atoms with Crippen molar-refractivity contribution in [2.75, 3.05) is 6.54 Å². The summed E-state index contributed by atoms with van der Waals surface area (Å²) >= 11 is 0. The third-order valence-electron chi connectivity index (χ3n) is 3.12. The zero-order valence-corrected chi connectivity index (χ0v) is 12.1. The maximum atomic E-state index is 4.41. The van der Waals surface area contributed by atoms with Crippen LogP contribution in [0, 0.1) is 12.8 Å². The van der Waals surface area contributed by atoms with E-state index in [0.717, 1.165) is 19.6 Å². The van der Waals surface area contributed by atoms with Crippen molar-refractivity contribution in [1.82, 2.24) is 15.1 Å². The highest BCUT2D eigenvalue weighted by molar-refractivity contribution is 5.21. The van der Waals surface area contributed by atoms with Crippen molar-refractivity contribution in [3.63, 3.8) is 0 Å². The molecule has 3 heteroatoms. The Kier molecular flexibility index (Phi) is 4.74. The largest absolute Gasteiger partial charge is 0.311 e. The molecule has 1 aromatic heterocycles. The molecule has 0 bridgehead atoms. The Morgan fingerprint density at radius 2 is 1.89 bits per heavy atom. The van der Waals surface area contributed by atoms with Crippen LogP contribution in [-0.4, -0.2) is 16.3 Å². The lowest BCUT2D eigenvalue weighted by atomic mass is 10.1. The van der Waals surface area contributed by atoms with Crippen LogP contribution in [0.25, 0.3) is 0 Å². The Morgan fingerprint density at radius 1 is 1.16 bits per heavy atom. The molecule has 19 heavy (non-hydrogen) atoms. The average Bonchev–Trinajstić information content (AvgIpc) is 2.79. The highest BCUT2D eigenvalue weighted by Crippen LogP contribution is 2.07. The first-order chi connectivity index (χ1) is 9.15. The molecule has 2 aromatic rings. The molecule has 0 saturated heterocycles. The maximum Gasteiger partial charge on any atom is 0.0663 e. The normalized spacial score (nSPS) is 11.2. The molecule has 0 fully saturated rings. The van der Waals surface area contributed by atoms with Crippen molar-refractivity contribution in [1.29, 1.82) is 0 Å². The highest BCUT2D eigenvalue weighted by atomic mass is 15.3. The van der Waals surface area contributed by atoms with Gasteiger partial charge in [-0.2, -0.15) is 5.10 Å². The Hall–Kier alpha value is -1.61. The van der Waals surface area contributed by atoms with Crippen LogP contribution in [0.1, 0.15) is 30.7 Å². The van der Waals surface area contributed by atoms with E-state index >= 15 is 0 Å². The number of rotatable bonds is 6. The molecule has 0 unspecified atom stereocenters. The zero-order chi connectivity index (χ0) is 13.7. The third kappa shape index (κ3) is 4.21. The number of hydrogen-bond acceptors (Lipinski definition) is 2. The van der Waals surface area contributed by atoms with Crippen LogP contribution in [0.2, 0.25) is 0 Å². The van der Waals surface area contributed by atoms with E-state index in [0.29, 0.717) is 5.92 Å². The van der Waals surface area contributed by atoms with Gasteiger partial charge in [0.1, 0.15) is 0 Å². The van der Waals surface area contributed by atoms with Crippen LogP contribution in [0.3, 0.4) is 0 Å². The van der Waals surface area contributed by atoms with Crippen molar-refractivity contribution >= 4 is 0 Å². The summed E-state index contributed by atoms with van der Waals surface area (Å²) in [6, 6.07) is 10.7. The lowest BCUT2D eigenvalue weighted by molar-refractivity contribution is 0.529. The predicted octanol–water partition coefficient (Wildman–Crippen LogP) is 2.99. The van der Waals surface area contributed by atoms with Gasteiger partial charge in [-0.1, -0.05) is 43.7 Å². The van der Waals surface area contributed by atoms with Gasteiger partial charge in [-0.3, -0.25) is 4.68 Å². The quantitative estimate of drug-likeness (QED) is 0.862. The van der Waals surface area contributed by atoms with Gasteiger partial charge >= 0.3 is 0 Å². The lowest BCUT2D eigenvalue weighted by Crippen LogP contribution is -2.21. The Balaban J connectivity index is 1.97. The summed E-state index contributed by atoms with van der Waals surface area (Å²) in [6.07, 6.45) is 1.88. The SMILES string of the molecule is Cc1ccc(Cn2nccc2CNCC(C)C)cc1. The van der Waals surface area contributed by atoms with Crippen molar-refractivity contribution in [2.24, 2.45) is 5.92 Å². The number of aromatic nitrogens is 2. The molecule has 0 aliphatic carbocycles. The standard InChI is InChI=1S/C16H23N3/c1-13(2)10-17-11-16-8-9-18-19(16)12-15-6-4-14(3)5-7-15/h4-9,13,17H,10-12H2,1-3H3. The molecule has 0 radical (unpaired) electrons. The molecule has 1 aromatic carbocycles. The molecule has 0 saturated carbocycles. The molecule has 0 spiro atoms. The second kappa shape index (κ2) is 6.53. The summed E-state index contributed by atoms with van der Waals surface area (Å²) in [5.41, 5.74) is 3.82. The van der Waals surface area contributed by atoms with Gasteiger partial charge in [-0.15, -0.1) is 0 Å². The monoisotopic (exact) mass is 257 g/mol. The molecular weight excluding hydrogens is 234 g/mol. The van der Waals surface area contributed by atoms with Crippen LogP contribution >= 0.6 is 0 Å². The molecule has 0 amide bonds. The Bertz CT molecular complexity index is 497.